The third-order valence-electron chi connectivity index (χ3n) is 4.01. The van der Waals surface area contributed by atoms with Crippen molar-refractivity contribution in [1.82, 2.24) is 5.32 Å². The van der Waals surface area contributed by atoms with Crippen LogP contribution in [-0.4, -0.2) is 18.5 Å². The molecule has 4 heteroatoms. The number of carbonyl (C=O) groups excluding carboxylic acids is 1. The van der Waals surface area contributed by atoms with Crippen molar-refractivity contribution in [2.75, 3.05) is 6.54 Å². The zero-order valence-corrected chi connectivity index (χ0v) is 13.5. The molecule has 20 heavy (non-hydrogen) atoms. The summed E-state index contributed by atoms with van der Waals surface area (Å²) >= 11 is 3.47. The van der Waals surface area contributed by atoms with Crippen LogP contribution in [0.4, 0.5) is 0 Å². The first-order valence-corrected chi connectivity index (χ1v) is 8.18. The van der Waals surface area contributed by atoms with E-state index in [0.29, 0.717) is 12.5 Å². The summed E-state index contributed by atoms with van der Waals surface area (Å²) in [4.78, 5) is 12.4. The second kappa shape index (κ2) is 7.23. The molecule has 0 radical (unpaired) electrons. The van der Waals surface area contributed by atoms with E-state index in [0.717, 1.165) is 17.3 Å². The van der Waals surface area contributed by atoms with Crippen molar-refractivity contribution in [3.05, 3.63) is 34.3 Å². The van der Waals surface area contributed by atoms with Gasteiger partial charge in [-0.25, -0.2) is 0 Å². The molecule has 0 heterocycles. The largest absolute Gasteiger partial charge is 0.352 e. The maximum atomic E-state index is 12.4. The molecule has 1 amide bonds. The van der Waals surface area contributed by atoms with Gasteiger partial charge in [-0.3, -0.25) is 4.79 Å². The summed E-state index contributed by atoms with van der Waals surface area (Å²) in [5, 5.41) is 3.14. The van der Waals surface area contributed by atoms with Gasteiger partial charge in [-0.2, -0.15) is 0 Å². The van der Waals surface area contributed by atoms with E-state index in [1.165, 1.54) is 18.4 Å². The zero-order chi connectivity index (χ0) is 14.5. The molecular weight excluding hydrogens is 316 g/mol. The summed E-state index contributed by atoms with van der Waals surface area (Å²) in [5.74, 6) is 0.777. The number of amides is 1. The van der Waals surface area contributed by atoms with Crippen molar-refractivity contribution >= 4 is 21.8 Å². The number of hydrogen-bond acceptors (Lipinski definition) is 2. The van der Waals surface area contributed by atoms with Crippen LogP contribution in [0.3, 0.4) is 0 Å². The highest BCUT2D eigenvalue weighted by Crippen LogP contribution is 2.32. The van der Waals surface area contributed by atoms with Gasteiger partial charge in [0.1, 0.15) is 0 Å². The van der Waals surface area contributed by atoms with Crippen LogP contribution in [0, 0.1) is 11.8 Å². The Kier molecular flexibility index (Phi) is 5.61. The molecule has 0 aromatic heterocycles. The standard InChI is InChI=1S/C16H23BrN2O/c1-2-12(8-11-4-3-5-14(17)9-11)16(20)19-15(10-18)13-6-7-13/h3-5,9,12-13,15H,2,6-8,10,18H2,1H3,(H,19,20). The van der Waals surface area contributed by atoms with Gasteiger partial charge >= 0.3 is 0 Å². The summed E-state index contributed by atoms with van der Waals surface area (Å²) in [5.41, 5.74) is 6.95. The molecule has 2 unspecified atom stereocenters. The Balaban J connectivity index is 1.94. The average Bonchev–Trinajstić information content (AvgIpc) is 3.26. The summed E-state index contributed by atoms with van der Waals surface area (Å²) in [6.07, 6.45) is 4.03. The zero-order valence-electron chi connectivity index (χ0n) is 11.9. The monoisotopic (exact) mass is 338 g/mol. The lowest BCUT2D eigenvalue weighted by molar-refractivity contribution is -0.125. The molecule has 3 N–H and O–H groups in total. The molecule has 1 aromatic carbocycles. The van der Waals surface area contributed by atoms with Gasteiger partial charge in [-0.05, 0) is 49.3 Å². The second-order valence-electron chi connectivity index (χ2n) is 5.63. The number of nitrogens with one attached hydrogen (secondary N) is 1. The molecule has 0 bridgehead atoms. The third-order valence-corrected chi connectivity index (χ3v) is 4.50. The van der Waals surface area contributed by atoms with Crippen LogP contribution >= 0.6 is 15.9 Å². The molecule has 0 aliphatic heterocycles. The van der Waals surface area contributed by atoms with Gasteiger partial charge in [0.2, 0.25) is 5.91 Å². The topological polar surface area (TPSA) is 55.1 Å². The van der Waals surface area contributed by atoms with E-state index >= 15 is 0 Å². The lowest BCUT2D eigenvalue weighted by Crippen LogP contribution is -2.44. The molecule has 1 fully saturated rings. The minimum absolute atomic E-state index is 0.0251. The highest BCUT2D eigenvalue weighted by atomic mass is 79.9. The lowest BCUT2D eigenvalue weighted by Gasteiger charge is -2.21. The van der Waals surface area contributed by atoms with E-state index in [4.69, 9.17) is 5.73 Å². The first kappa shape index (κ1) is 15.5. The number of hydrogen-bond donors (Lipinski definition) is 2. The van der Waals surface area contributed by atoms with Crippen molar-refractivity contribution in [3.63, 3.8) is 0 Å². The Morgan fingerprint density at radius 3 is 2.80 bits per heavy atom. The first-order chi connectivity index (χ1) is 9.63. The van der Waals surface area contributed by atoms with Crippen molar-refractivity contribution in [2.24, 2.45) is 17.6 Å². The van der Waals surface area contributed by atoms with Gasteiger partial charge in [0.15, 0.2) is 0 Å². The van der Waals surface area contributed by atoms with Crippen molar-refractivity contribution < 1.29 is 4.79 Å². The molecule has 0 saturated heterocycles. The fourth-order valence-electron chi connectivity index (χ4n) is 2.54. The molecule has 2 atom stereocenters. The Morgan fingerprint density at radius 1 is 1.50 bits per heavy atom. The fraction of sp³-hybridized carbons (Fsp3) is 0.562. The van der Waals surface area contributed by atoms with Gasteiger partial charge in [0.25, 0.3) is 0 Å². The van der Waals surface area contributed by atoms with Gasteiger partial charge in [0.05, 0.1) is 0 Å². The van der Waals surface area contributed by atoms with Crippen LogP contribution in [-0.2, 0) is 11.2 Å². The summed E-state index contributed by atoms with van der Waals surface area (Å²) in [6, 6.07) is 8.33. The maximum Gasteiger partial charge on any atom is 0.223 e. The molecule has 1 aliphatic rings. The minimum Gasteiger partial charge on any atom is -0.352 e. The Bertz CT molecular complexity index is 460. The molecule has 2 rings (SSSR count). The SMILES string of the molecule is CCC(Cc1cccc(Br)c1)C(=O)NC(CN)C1CC1. The lowest BCUT2D eigenvalue weighted by atomic mass is 9.95. The Labute approximate surface area is 129 Å². The number of benzene rings is 1. The van der Waals surface area contributed by atoms with E-state index in [1.54, 1.807) is 0 Å². The smallest absolute Gasteiger partial charge is 0.223 e. The van der Waals surface area contributed by atoms with Crippen LogP contribution in [0.2, 0.25) is 0 Å². The Hall–Kier alpha value is -0.870. The molecular formula is C16H23BrN2O. The van der Waals surface area contributed by atoms with Crippen LogP contribution in [0.25, 0.3) is 0 Å². The number of rotatable bonds is 7. The summed E-state index contributed by atoms with van der Waals surface area (Å²) in [6.45, 7) is 2.61. The van der Waals surface area contributed by atoms with E-state index in [-0.39, 0.29) is 17.9 Å². The molecule has 3 nitrogen and oxygen atoms in total. The highest BCUT2D eigenvalue weighted by Gasteiger charge is 2.32. The Morgan fingerprint density at radius 2 is 2.25 bits per heavy atom. The molecule has 110 valence electrons. The molecule has 0 spiro atoms. The van der Waals surface area contributed by atoms with Crippen molar-refractivity contribution in [1.29, 1.82) is 0 Å². The van der Waals surface area contributed by atoms with Crippen LogP contribution in [0.1, 0.15) is 31.7 Å². The molecule has 1 aromatic rings. The van der Waals surface area contributed by atoms with E-state index in [9.17, 15) is 4.79 Å². The van der Waals surface area contributed by atoms with E-state index in [2.05, 4.69) is 40.3 Å². The summed E-state index contributed by atoms with van der Waals surface area (Å²) < 4.78 is 1.06. The van der Waals surface area contributed by atoms with Gasteiger partial charge in [-0.15, -0.1) is 0 Å². The average molecular weight is 339 g/mol. The molecule has 1 saturated carbocycles. The normalized spacial score (nSPS) is 17.6. The van der Waals surface area contributed by atoms with Crippen molar-refractivity contribution in [3.8, 4) is 0 Å². The van der Waals surface area contributed by atoms with Gasteiger partial charge in [-0.1, -0.05) is 35.0 Å². The minimum atomic E-state index is 0.0251. The van der Waals surface area contributed by atoms with Crippen LogP contribution in [0.5, 0.6) is 0 Å². The number of nitrogens with two attached hydrogens (primary N) is 1. The number of carbonyl (C=O) groups is 1. The van der Waals surface area contributed by atoms with Crippen LogP contribution < -0.4 is 11.1 Å². The number of halogens is 1. The summed E-state index contributed by atoms with van der Waals surface area (Å²) in [7, 11) is 0. The quantitative estimate of drug-likeness (QED) is 0.803. The first-order valence-electron chi connectivity index (χ1n) is 7.39. The van der Waals surface area contributed by atoms with Gasteiger partial charge < -0.3 is 11.1 Å². The fourth-order valence-corrected chi connectivity index (χ4v) is 2.99. The van der Waals surface area contributed by atoms with Gasteiger partial charge in [0, 0.05) is 23.0 Å². The van der Waals surface area contributed by atoms with Crippen molar-refractivity contribution in [2.45, 2.75) is 38.6 Å². The second-order valence-corrected chi connectivity index (χ2v) is 6.54. The maximum absolute atomic E-state index is 12.4. The predicted octanol–water partition coefficient (Wildman–Crippen LogP) is 2.87. The third kappa shape index (κ3) is 4.32. The van der Waals surface area contributed by atoms with Crippen LogP contribution in [0.15, 0.2) is 28.7 Å². The highest BCUT2D eigenvalue weighted by molar-refractivity contribution is 9.10. The van der Waals surface area contributed by atoms with E-state index < -0.39 is 0 Å². The molecule has 1 aliphatic carbocycles. The predicted molar refractivity (Wildman–Crippen MR) is 85.3 cm³/mol. The van der Waals surface area contributed by atoms with E-state index in [1.807, 2.05) is 12.1 Å².